The molecule has 2 aromatic rings. The maximum Gasteiger partial charge on any atom is 0.273 e. The predicted octanol–water partition coefficient (Wildman–Crippen LogP) is 5.61. The summed E-state index contributed by atoms with van der Waals surface area (Å²) in [6.45, 7) is 10.5. The molecular weight excluding hydrogens is 523 g/mol. The van der Waals surface area contributed by atoms with Gasteiger partial charge < -0.3 is 9.73 Å². The molecule has 0 fully saturated rings. The van der Waals surface area contributed by atoms with E-state index in [0.717, 1.165) is 26.6 Å². The molecule has 7 nitrogen and oxygen atoms in total. The van der Waals surface area contributed by atoms with Crippen LogP contribution < -0.4 is 5.32 Å². The van der Waals surface area contributed by atoms with Gasteiger partial charge in [0.05, 0.1) is 15.1 Å². The average Bonchev–Trinajstić information content (AvgIpc) is 3.66. The van der Waals surface area contributed by atoms with Crippen molar-refractivity contribution < 1.29 is 9.21 Å². The summed E-state index contributed by atoms with van der Waals surface area (Å²) in [4.78, 5) is 32.2. The predicted molar refractivity (Wildman–Crippen MR) is 159 cm³/mol. The van der Waals surface area contributed by atoms with Crippen LogP contribution in [0.4, 0.5) is 0 Å². The van der Waals surface area contributed by atoms with Gasteiger partial charge in [-0.1, -0.05) is 36.4 Å². The lowest BCUT2D eigenvalue weighted by molar-refractivity contribution is 0.0950. The topological polar surface area (TPSA) is 92.2 Å². The van der Waals surface area contributed by atoms with Gasteiger partial charge in [0, 0.05) is 23.8 Å². The number of hydrogen-bond acceptors (Lipinski definition) is 9. The van der Waals surface area contributed by atoms with Crippen molar-refractivity contribution in [2.75, 3.05) is 23.8 Å². The van der Waals surface area contributed by atoms with Crippen LogP contribution in [0.15, 0.2) is 55.8 Å². The zero-order valence-corrected chi connectivity index (χ0v) is 24.1. The molecule has 37 heavy (non-hydrogen) atoms. The standard InChI is InChI=1S/C27H31N5O2S3/c1-6-28-21(33)20-17(2)34-22(29-20)25(3)14-36-24(31-25)27(5)16-37-23(32-27)26(4)15-35-19(30-26)13-12-18-10-8-7-9-11-18/h7-13H,6,14-16H2,1-5H3,(H,28,33)/b13-12+/t25-,26-,27-/m0/s1. The van der Waals surface area contributed by atoms with E-state index in [-0.39, 0.29) is 11.4 Å². The molecule has 0 aliphatic carbocycles. The Hall–Kier alpha value is -2.30. The van der Waals surface area contributed by atoms with Crippen LogP contribution in [0.25, 0.3) is 6.08 Å². The van der Waals surface area contributed by atoms with Gasteiger partial charge in [0.1, 0.15) is 22.4 Å². The molecule has 1 amide bonds. The van der Waals surface area contributed by atoms with Crippen molar-refractivity contribution >= 4 is 62.4 Å². The van der Waals surface area contributed by atoms with Crippen molar-refractivity contribution in [1.82, 2.24) is 10.3 Å². The lowest BCUT2D eigenvalue weighted by atomic mass is 10.0. The molecule has 0 spiro atoms. The summed E-state index contributed by atoms with van der Waals surface area (Å²) in [5, 5.41) is 5.87. The molecule has 0 unspecified atom stereocenters. The first-order valence-electron chi connectivity index (χ1n) is 12.3. The zero-order valence-electron chi connectivity index (χ0n) is 21.7. The number of nitrogens with zero attached hydrogens (tertiary/aromatic N) is 4. The molecule has 3 aliphatic rings. The Labute approximate surface area is 230 Å². The first kappa shape index (κ1) is 26.3. The highest BCUT2D eigenvalue weighted by atomic mass is 32.2. The van der Waals surface area contributed by atoms with Crippen LogP contribution in [-0.4, -0.2) is 60.9 Å². The van der Waals surface area contributed by atoms with E-state index in [2.05, 4.69) is 48.4 Å². The smallest absolute Gasteiger partial charge is 0.273 e. The minimum absolute atomic E-state index is 0.219. The van der Waals surface area contributed by atoms with Gasteiger partial charge in [-0.25, -0.2) is 4.98 Å². The Kier molecular flexibility index (Phi) is 7.19. The van der Waals surface area contributed by atoms with Crippen LogP contribution in [0.1, 0.15) is 55.4 Å². The molecular formula is C27H31N5O2S3. The van der Waals surface area contributed by atoms with Crippen LogP contribution in [0.2, 0.25) is 0 Å². The van der Waals surface area contributed by atoms with Gasteiger partial charge in [-0.15, -0.1) is 35.3 Å². The molecule has 0 saturated heterocycles. The summed E-state index contributed by atoms with van der Waals surface area (Å²) in [5.41, 5.74) is 0.104. The molecule has 1 aromatic carbocycles. The van der Waals surface area contributed by atoms with Crippen LogP contribution >= 0.6 is 35.3 Å². The number of carbonyl (C=O) groups is 1. The van der Waals surface area contributed by atoms with E-state index in [4.69, 9.17) is 19.4 Å². The second-order valence-corrected chi connectivity index (χ2v) is 12.9. The van der Waals surface area contributed by atoms with E-state index in [9.17, 15) is 4.79 Å². The summed E-state index contributed by atoms with van der Waals surface area (Å²) in [7, 11) is 0. The molecule has 1 N–H and O–H groups in total. The van der Waals surface area contributed by atoms with Gasteiger partial charge in [0.25, 0.3) is 5.91 Å². The van der Waals surface area contributed by atoms with Crippen molar-refractivity contribution in [1.29, 1.82) is 0 Å². The Balaban J connectivity index is 1.35. The fraction of sp³-hybridized carbons (Fsp3) is 0.444. The van der Waals surface area contributed by atoms with Crippen molar-refractivity contribution in [2.24, 2.45) is 15.0 Å². The van der Waals surface area contributed by atoms with Crippen molar-refractivity contribution in [3.63, 3.8) is 0 Å². The molecule has 1 aromatic heterocycles. The van der Waals surface area contributed by atoms with Crippen molar-refractivity contribution in [3.05, 3.63) is 59.3 Å². The van der Waals surface area contributed by atoms with Gasteiger partial charge in [-0.05, 0) is 46.3 Å². The first-order chi connectivity index (χ1) is 17.6. The van der Waals surface area contributed by atoms with Crippen LogP contribution in [0.3, 0.4) is 0 Å². The summed E-state index contributed by atoms with van der Waals surface area (Å²) >= 11 is 5.26. The van der Waals surface area contributed by atoms with Gasteiger partial charge >= 0.3 is 0 Å². The second-order valence-electron chi connectivity index (χ2n) is 10.00. The minimum atomic E-state index is -0.637. The molecule has 194 valence electrons. The maximum atomic E-state index is 12.3. The molecule has 0 bridgehead atoms. The Bertz CT molecular complexity index is 1330. The number of aliphatic imine (C=N–C) groups is 3. The highest BCUT2D eigenvalue weighted by molar-refractivity contribution is 8.17. The number of amides is 1. The van der Waals surface area contributed by atoms with E-state index >= 15 is 0 Å². The molecule has 4 heterocycles. The highest BCUT2D eigenvalue weighted by Gasteiger charge is 2.48. The quantitative estimate of drug-likeness (QED) is 0.479. The average molecular weight is 554 g/mol. The van der Waals surface area contributed by atoms with Crippen LogP contribution in [-0.2, 0) is 5.54 Å². The van der Waals surface area contributed by atoms with E-state index in [1.165, 1.54) is 5.56 Å². The summed E-state index contributed by atoms with van der Waals surface area (Å²) < 4.78 is 5.94. The third-order valence-corrected chi connectivity index (χ3v) is 10.7. The lowest BCUT2D eigenvalue weighted by Crippen LogP contribution is -2.33. The maximum absolute atomic E-state index is 12.3. The lowest BCUT2D eigenvalue weighted by Gasteiger charge is -2.21. The molecule has 5 rings (SSSR count). The largest absolute Gasteiger partial charge is 0.442 e. The number of carbonyl (C=O) groups excluding carboxylic acids is 1. The number of aryl methyl sites for hydroxylation is 1. The monoisotopic (exact) mass is 553 g/mol. The second kappa shape index (κ2) is 10.1. The number of thioether (sulfide) groups is 3. The fourth-order valence-electron chi connectivity index (χ4n) is 4.30. The van der Waals surface area contributed by atoms with Crippen molar-refractivity contribution in [3.8, 4) is 0 Å². The van der Waals surface area contributed by atoms with Gasteiger partial charge in [0.15, 0.2) is 5.69 Å². The molecule has 3 atom stereocenters. The summed E-state index contributed by atoms with van der Waals surface area (Å²) in [6, 6.07) is 10.3. The number of aromatic nitrogens is 1. The fourth-order valence-corrected chi connectivity index (χ4v) is 8.15. The Morgan fingerprint density at radius 3 is 2.27 bits per heavy atom. The van der Waals surface area contributed by atoms with E-state index in [1.807, 2.05) is 32.0 Å². The Morgan fingerprint density at radius 1 is 0.946 bits per heavy atom. The summed E-state index contributed by atoms with van der Waals surface area (Å²) in [6.07, 6.45) is 4.21. The molecule has 10 heteroatoms. The Morgan fingerprint density at radius 2 is 1.57 bits per heavy atom. The highest BCUT2D eigenvalue weighted by Crippen LogP contribution is 2.46. The molecule has 0 radical (unpaired) electrons. The SMILES string of the molecule is CCNC(=O)c1nc([C@]2(C)CSC([C@]3(C)CSC([C@]4(C)CSC(/C=C/c5ccccc5)=N4)=N3)=N2)oc1C. The van der Waals surface area contributed by atoms with Crippen LogP contribution in [0.5, 0.6) is 0 Å². The number of oxazole rings is 1. The first-order valence-corrected chi connectivity index (χ1v) is 15.3. The third-order valence-electron chi connectivity index (χ3n) is 6.48. The van der Waals surface area contributed by atoms with Crippen LogP contribution in [0, 0.1) is 6.92 Å². The van der Waals surface area contributed by atoms with E-state index < -0.39 is 11.1 Å². The van der Waals surface area contributed by atoms with Gasteiger partial charge in [-0.3, -0.25) is 19.8 Å². The normalized spacial score (nSPS) is 29.5. The number of nitrogens with one attached hydrogen (secondary N) is 1. The number of hydrogen-bond donors (Lipinski definition) is 1. The number of benzene rings is 1. The summed E-state index contributed by atoms with van der Waals surface area (Å²) in [5.74, 6) is 3.17. The van der Waals surface area contributed by atoms with Crippen molar-refractivity contribution in [2.45, 2.75) is 51.2 Å². The zero-order chi connectivity index (χ0) is 26.3. The van der Waals surface area contributed by atoms with E-state index in [0.29, 0.717) is 29.6 Å². The third kappa shape index (κ3) is 5.20. The van der Waals surface area contributed by atoms with Gasteiger partial charge in [0.2, 0.25) is 5.89 Å². The van der Waals surface area contributed by atoms with Gasteiger partial charge in [-0.2, -0.15) is 0 Å². The minimum Gasteiger partial charge on any atom is -0.442 e. The molecule has 3 aliphatic heterocycles. The molecule has 0 saturated carbocycles. The number of rotatable bonds is 7. The van der Waals surface area contributed by atoms with E-state index in [1.54, 1.807) is 42.2 Å².